The number of aromatic nitrogens is 2. The van der Waals surface area contributed by atoms with E-state index in [4.69, 9.17) is 11.6 Å². The monoisotopic (exact) mass is 303 g/mol. The highest BCUT2D eigenvalue weighted by atomic mass is 35.5. The Labute approximate surface area is 129 Å². The van der Waals surface area contributed by atoms with Crippen LogP contribution in [0.1, 0.15) is 41.2 Å². The van der Waals surface area contributed by atoms with Crippen LogP contribution in [0.2, 0.25) is 5.15 Å². The highest BCUT2D eigenvalue weighted by Gasteiger charge is 2.10. The van der Waals surface area contributed by atoms with E-state index >= 15 is 0 Å². The Morgan fingerprint density at radius 2 is 2.10 bits per heavy atom. The predicted octanol–water partition coefficient (Wildman–Crippen LogP) is 3.18. The summed E-state index contributed by atoms with van der Waals surface area (Å²) in [7, 11) is 0. The zero-order chi connectivity index (χ0) is 15.2. The van der Waals surface area contributed by atoms with Crippen molar-refractivity contribution < 1.29 is 4.79 Å². The number of hydrogen-bond donors (Lipinski definition) is 1. The standard InChI is InChI=1S/C16H18ClN3O/c1-3-11-6-5-7-18-14(11)10-19-16(21)12-8-13(4-2)20-15(17)9-12/h5-9H,3-4,10H2,1-2H3,(H,19,21). The summed E-state index contributed by atoms with van der Waals surface area (Å²) < 4.78 is 0. The summed E-state index contributed by atoms with van der Waals surface area (Å²) in [5.74, 6) is -0.165. The number of nitrogens with zero attached hydrogens (tertiary/aromatic N) is 2. The molecule has 2 heterocycles. The SMILES string of the molecule is CCc1cc(C(=O)NCc2ncccc2CC)cc(Cl)n1. The van der Waals surface area contributed by atoms with Crippen molar-refractivity contribution in [2.24, 2.45) is 0 Å². The van der Waals surface area contributed by atoms with Crippen molar-refractivity contribution in [3.8, 4) is 0 Å². The smallest absolute Gasteiger partial charge is 0.251 e. The number of nitrogens with one attached hydrogen (secondary N) is 1. The lowest BCUT2D eigenvalue weighted by molar-refractivity contribution is 0.0950. The summed E-state index contributed by atoms with van der Waals surface area (Å²) in [5.41, 5.74) is 3.37. The van der Waals surface area contributed by atoms with Gasteiger partial charge in [0.25, 0.3) is 5.91 Å². The van der Waals surface area contributed by atoms with Gasteiger partial charge in [-0.25, -0.2) is 4.98 Å². The Hall–Kier alpha value is -1.94. The van der Waals surface area contributed by atoms with Crippen LogP contribution in [0.3, 0.4) is 0 Å². The van der Waals surface area contributed by atoms with Crippen molar-refractivity contribution in [3.05, 3.63) is 58.1 Å². The fraction of sp³-hybridized carbons (Fsp3) is 0.312. The highest BCUT2D eigenvalue weighted by Crippen LogP contribution is 2.12. The highest BCUT2D eigenvalue weighted by molar-refractivity contribution is 6.29. The first-order chi connectivity index (χ1) is 10.1. The molecule has 0 bridgehead atoms. The average molecular weight is 304 g/mol. The molecule has 0 fully saturated rings. The van der Waals surface area contributed by atoms with Gasteiger partial charge in [0, 0.05) is 17.5 Å². The summed E-state index contributed by atoms with van der Waals surface area (Å²) in [4.78, 5) is 20.7. The van der Waals surface area contributed by atoms with E-state index in [9.17, 15) is 4.79 Å². The van der Waals surface area contributed by atoms with Gasteiger partial charge in [0.05, 0.1) is 12.2 Å². The molecule has 4 nitrogen and oxygen atoms in total. The fourth-order valence-corrected chi connectivity index (χ4v) is 2.31. The second-order valence-corrected chi connectivity index (χ2v) is 5.06. The molecule has 5 heteroatoms. The quantitative estimate of drug-likeness (QED) is 0.863. The maximum Gasteiger partial charge on any atom is 0.251 e. The molecule has 0 radical (unpaired) electrons. The van der Waals surface area contributed by atoms with Gasteiger partial charge in [-0.05, 0) is 36.6 Å². The maximum absolute atomic E-state index is 12.2. The van der Waals surface area contributed by atoms with E-state index in [1.54, 1.807) is 18.3 Å². The third kappa shape index (κ3) is 4.02. The predicted molar refractivity (Wildman–Crippen MR) is 83.4 cm³/mol. The van der Waals surface area contributed by atoms with Gasteiger partial charge in [0.1, 0.15) is 5.15 Å². The van der Waals surface area contributed by atoms with Crippen molar-refractivity contribution in [2.75, 3.05) is 0 Å². The number of aryl methyl sites for hydroxylation is 2. The minimum Gasteiger partial charge on any atom is -0.346 e. The largest absolute Gasteiger partial charge is 0.346 e. The van der Waals surface area contributed by atoms with Crippen molar-refractivity contribution in [1.29, 1.82) is 0 Å². The van der Waals surface area contributed by atoms with E-state index in [-0.39, 0.29) is 5.91 Å². The molecule has 0 saturated heterocycles. The van der Waals surface area contributed by atoms with Gasteiger partial charge < -0.3 is 5.32 Å². The van der Waals surface area contributed by atoms with Crippen LogP contribution in [0, 0.1) is 0 Å². The Morgan fingerprint density at radius 3 is 2.81 bits per heavy atom. The topological polar surface area (TPSA) is 54.9 Å². The van der Waals surface area contributed by atoms with Crippen molar-refractivity contribution in [3.63, 3.8) is 0 Å². The van der Waals surface area contributed by atoms with Gasteiger partial charge >= 0.3 is 0 Å². The van der Waals surface area contributed by atoms with Gasteiger partial charge in [-0.3, -0.25) is 9.78 Å². The van der Waals surface area contributed by atoms with Crippen LogP contribution in [0.25, 0.3) is 0 Å². The molecule has 21 heavy (non-hydrogen) atoms. The Morgan fingerprint density at radius 1 is 1.29 bits per heavy atom. The minimum atomic E-state index is -0.165. The van der Waals surface area contributed by atoms with Crippen molar-refractivity contribution >= 4 is 17.5 Å². The molecule has 0 unspecified atom stereocenters. The van der Waals surface area contributed by atoms with Crippen LogP contribution in [0.4, 0.5) is 0 Å². The molecule has 2 aromatic heterocycles. The molecule has 0 aliphatic heterocycles. The van der Waals surface area contributed by atoms with E-state index in [0.29, 0.717) is 17.3 Å². The Bertz CT molecular complexity index is 643. The molecule has 0 spiro atoms. The van der Waals surface area contributed by atoms with E-state index in [2.05, 4.69) is 22.2 Å². The number of amides is 1. The maximum atomic E-state index is 12.2. The summed E-state index contributed by atoms with van der Waals surface area (Å²) in [6.07, 6.45) is 3.36. The zero-order valence-electron chi connectivity index (χ0n) is 12.2. The van der Waals surface area contributed by atoms with Crippen LogP contribution in [0.5, 0.6) is 0 Å². The lowest BCUT2D eigenvalue weighted by Gasteiger charge is -2.09. The van der Waals surface area contributed by atoms with Gasteiger partial charge in [-0.15, -0.1) is 0 Å². The summed E-state index contributed by atoms with van der Waals surface area (Å²) >= 11 is 5.93. The summed E-state index contributed by atoms with van der Waals surface area (Å²) in [6, 6.07) is 7.27. The second-order valence-electron chi connectivity index (χ2n) is 4.67. The first-order valence-electron chi connectivity index (χ1n) is 7.01. The first kappa shape index (κ1) is 15.4. The van der Waals surface area contributed by atoms with Gasteiger partial charge in [0.2, 0.25) is 0 Å². The van der Waals surface area contributed by atoms with E-state index in [1.807, 2.05) is 19.1 Å². The second kappa shape index (κ2) is 7.18. The van der Waals surface area contributed by atoms with E-state index < -0.39 is 0 Å². The number of pyridine rings is 2. The number of hydrogen-bond acceptors (Lipinski definition) is 3. The summed E-state index contributed by atoms with van der Waals surface area (Å²) in [6.45, 7) is 4.45. The molecule has 2 rings (SSSR count). The lowest BCUT2D eigenvalue weighted by atomic mass is 10.1. The van der Waals surface area contributed by atoms with E-state index in [0.717, 1.165) is 29.8 Å². The normalized spacial score (nSPS) is 10.4. The third-order valence-electron chi connectivity index (χ3n) is 3.25. The van der Waals surface area contributed by atoms with Gasteiger partial charge in [0.15, 0.2) is 0 Å². The van der Waals surface area contributed by atoms with Crippen LogP contribution < -0.4 is 5.32 Å². The molecule has 0 aliphatic rings. The van der Waals surface area contributed by atoms with Crippen LogP contribution in [-0.2, 0) is 19.4 Å². The third-order valence-corrected chi connectivity index (χ3v) is 3.45. The molecule has 1 amide bonds. The molecule has 0 saturated carbocycles. The molecule has 0 aromatic carbocycles. The molecule has 0 aliphatic carbocycles. The average Bonchev–Trinajstić information content (AvgIpc) is 2.52. The molecular weight excluding hydrogens is 286 g/mol. The fourth-order valence-electron chi connectivity index (χ4n) is 2.08. The van der Waals surface area contributed by atoms with Crippen molar-refractivity contribution in [1.82, 2.24) is 15.3 Å². The Balaban J connectivity index is 2.10. The van der Waals surface area contributed by atoms with Crippen molar-refractivity contribution in [2.45, 2.75) is 33.2 Å². The molecule has 0 atom stereocenters. The number of halogens is 1. The number of carbonyl (C=O) groups excluding carboxylic acids is 1. The lowest BCUT2D eigenvalue weighted by Crippen LogP contribution is -2.24. The molecule has 1 N–H and O–H groups in total. The first-order valence-corrected chi connectivity index (χ1v) is 7.39. The van der Waals surface area contributed by atoms with Crippen LogP contribution in [-0.4, -0.2) is 15.9 Å². The number of rotatable bonds is 5. The van der Waals surface area contributed by atoms with E-state index in [1.165, 1.54) is 0 Å². The summed E-state index contributed by atoms with van der Waals surface area (Å²) in [5, 5.41) is 3.22. The van der Waals surface area contributed by atoms with Crippen LogP contribution >= 0.6 is 11.6 Å². The minimum absolute atomic E-state index is 0.165. The van der Waals surface area contributed by atoms with Gasteiger partial charge in [-0.1, -0.05) is 31.5 Å². The molecule has 110 valence electrons. The Kier molecular flexibility index (Phi) is 5.28. The zero-order valence-corrected chi connectivity index (χ0v) is 12.9. The number of carbonyl (C=O) groups is 1. The molecular formula is C16H18ClN3O. The van der Waals surface area contributed by atoms with Gasteiger partial charge in [-0.2, -0.15) is 0 Å². The van der Waals surface area contributed by atoms with Crippen LogP contribution in [0.15, 0.2) is 30.5 Å². The molecule has 2 aromatic rings.